The van der Waals surface area contributed by atoms with Gasteiger partial charge in [0.25, 0.3) is 0 Å². The molecule has 90 valence electrons. The summed E-state index contributed by atoms with van der Waals surface area (Å²) >= 11 is 0. The molecule has 0 aliphatic heterocycles. The van der Waals surface area contributed by atoms with Gasteiger partial charge in [-0.2, -0.15) is 13.2 Å². The second-order valence-corrected chi connectivity index (χ2v) is 3.54. The average Bonchev–Trinajstić information content (AvgIpc) is 2.76. The van der Waals surface area contributed by atoms with E-state index in [1.165, 1.54) is 10.7 Å². The zero-order chi connectivity index (χ0) is 12.5. The Morgan fingerprint density at radius 2 is 2.06 bits per heavy atom. The molecule has 1 aromatic heterocycles. The maximum absolute atomic E-state index is 12.5. The molecule has 0 aliphatic carbocycles. The Bertz CT molecular complexity index is 517. The molecule has 6 heteroatoms. The van der Waals surface area contributed by atoms with Crippen LogP contribution in [0, 0.1) is 0 Å². The first-order chi connectivity index (χ1) is 8.02. The highest BCUT2D eigenvalue weighted by Gasteiger charge is 2.30. The second-order valence-electron chi connectivity index (χ2n) is 3.54. The second kappa shape index (κ2) is 4.20. The van der Waals surface area contributed by atoms with Crippen LogP contribution in [0.4, 0.5) is 13.2 Å². The molecule has 0 saturated heterocycles. The smallest absolute Gasteiger partial charge is 0.218 e. The van der Waals surface area contributed by atoms with E-state index < -0.39 is 11.7 Å². The summed E-state index contributed by atoms with van der Waals surface area (Å²) in [6.07, 6.45) is -2.15. The molecule has 0 N–H and O–H groups in total. The SMILES string of the molecule is CCc1cnnn1-c1cccc(C(F)(F)F)c1. The summed E-state index contributed by atoms with van der Waals surface area (Å²) in [6, 6.07) is 5.03. The molecule has 1 heterocycles. The van der Waals surface area contributed by atoms with Crippen molar-refractivity contribution in [2.45, 2.75) is 19.5 Å². The molecular weight excluding hydrogens is 231 g/mol. The van der Waals surface area contributed by atoms with Crippen LogP contribution >= 0.6 is 0 Å². The fraction of sp³-hybridized carbons (Fsp3) is 0.273. The van der Waals surface area contributed by atoms with E-state index in [4.69, 9.17) is 0 Å². The third kappa shape index (κ3) is 2.30. The number of hydrogen-bond donors (Lipinski definition) is 0. The van der Waals surface area contributed by atoms with Gasteiger partial charge >= 0.3 is 6.18 Å². The zero-order valence-electron chi connectivity index (χ0n) is 9.07. The molecule has 0 atom stereocenters. The first kappa shape index (κ1) is 11.6. The first-order valence-corrected chi connectivity index (χ1v) is 5.09. The van der Waals surface area contributed by atoms with Crippen LogP contribution < -0.4 is 0 Å². The molecule has 17 heavy (non-hydrogen) atoms. The first-order valence-electron chi connectivity index (χ1n) is 5.09. The fourth-order valence-electron chi connectivity index (χ4n) is 1.53. The summed E-state index contributed by atoms with van der Waals surface area (Å²) in [5.41, 5.74) is 0.450. The van der Waals surface area contributed by atoms with E-state index in [1.54, 1.807) is 12.3 Å². The standard InChI is InChI=1S/C11H10F3N3/c1-2-9-7-15-16-17(9)10-5-3-4-8(6-10)11(12,13)14/h3-7H,2H2,1H3. The van der Waals surface area contributed by atoms with Crippen LogP contribution in [-0.4, -0.2) is 15.0 Å². The van der Waals surface area contributed by atoms with Gasteiger partial charge in [-0.25, -0.2) is 4.68 Å². The van der Waals surface area contributed by atoms with E-state index >= 15 is 0 Å². The maximum atomic E-state index is 12.5. The van der Waals surface area contributed by atoms with Crippen molar-refractivity contribution in [2.75, 3.05) is 0 Å². The summed E-state index contributed by atoms with van der Waals surface area (Å²) in [5, 5.41) is 7.47. The van der Waals surface area contributed by atoms with Crippen molar-refractivity contribution in [1.82, 2.24) is 15.0 Å². The fourth-order valence-corrected chi connectivity index (χ4v) is 1.53. The lowest BCUT2D eigenvalue weighted by Gasteiger charge is -2.09. The predicted octanol–water partition coefficient (Wildman–Crippen LogP) is 2.85. The molecule has 0 radical (unpaired) electrons. The normalized spacial score (nSPS) is 11.8. The van der Waals surface area contributed by atoms with E-state index in [1.807, 2.05) is 6.92 Å². The molecule has 0 saturated carbocycles. The third-order valence-corrected chi connectivity index (χ3v) is 2.40. The van der Waals surface area contributed by atoms with Gasteiger partial charge in [-0.15, -0.1) is 5.10 Å². The Hall–Kier alpha value is -1.85. The predicted molar refractivity (Wildman–Crippen MR) is 55.7 cm³/mol. The van der Waals surface area contributed by atoms with Crippen LogP contribution in [0.1, 0.15) is 18.2 Å². The van der Waals surface area contributed by atoms with Gasteiger partial charge in [0.1, 0.15) is 0 Å². The number of rotatable bonds is 2. The molecule has 0 spiro atoms. The van der Waals surface area contributed by atoms with Gasteiger partial charge in [-0.3, -0.25) is 0 Å². The molecule has 1 aromatic carbocycles. The molecule has 0 aliphatic rings. The van der Waals surface area contributed by atoms with Crippen LogP contribution in [0.15, 0.2) is 30.5 Å². The highest BCUT2D eigenvalue weighted by atomic mass is 19.4. The molecule has 0 unspecified atom stereocenters. The van der Waals surface area contributed by atoms with Crippen LogP contribution in [0.2, 0.25) is 0 Å². The van der Waals surface area contributed by atoms with E-state index in [2.05, 4.69) is 10.3 Å². The van der Waals surface area contributed by atoms with E-state index in [0.29, 0.717) is 12.1 Å². The number of nitrogens with zero attached hydrogens (tertiary/aromatic N) is 3. The van der Waals surface area contributed by atoms with Gasteiger partial charge in [0, 0.05) is 0 Å². The van der Waals surface area contributed by atoms with Crippen molar-refractivity contribution in [3.05, 3.63) is 41.7 Å². The summed E-state index contributed by atoms with van der Waals surface area (Å²) < 4.78 is 39.1. The van der Waals surface area contributed by atoms with Gasteiger partial charge in [-0.1, -0.05) is 18.2 Å². The molecule has 2 aromatic rings. The van der Waals surface area contributed by atoms with Crippen molar-refractivity contribution in [2.24, 2.45) is 0 Å². The van der Waals surface area contributed by atoms with E-state index in [-0.39, 0.29) is 0 Å². The number of aryl methyl sites for hydroxylation is 1. The quantitative estimate of drug-likeness (QED) is 0.809. The molecule has 3 nitrogen and oxygen atoms in total. The summed E-state index contributed by atoms with van der Waals surface area (Å²) in [4.78, 5) is 0. The lowest BCUT2D eigenvalue weighted by atomic mass is 10.2. The topological polar surface area (TPSA) is 30.7 Å². The Morgan fingerprint density at radius 3 is 2.71 bits per heavy atom. The van der Waals surface area contributed by atoms with Gasteiger partial charge in [0.15, 0.2) is 0 Å². The molecule has 0 fully saturated rings. The van der Waals surface area contributed by atoms with Crippen LogP contribution in [0.5, 0.6) is 0 Å². The number of benzene rings is 1. The van der Waals surface area contributed by atoms with Crippen LogP contribution in [-0.2, 0) is 12.6 Å². The Labute approximate surface area is 95.9 Å². The van der Waals surface area contributed by atoms with E-state index in [0.717, 1.165) is 17.8 Å². The van der Waals surface area contributed by atoms with E-state index in [9.17, 15) is 13.2 Å². The van der Waals surface area contributed by atoms with Crippen molar-refractivity contribution in [1.29, 1.82) is 0 Å². The van der Waals surface area contributed by atoms with Gasteiger partial charge in [0.2, 0.25) is 0 Å². The number of hydrogen-bond acceptors (Lipinski definition) is 2. The number of halogens is 3. The molecule has 0 amide bonds. The van der Waals surface area contributed by atoms with Crippen LogP contribution in [0.25, 0.3) is 5.69 Å². The lowest BCUT2D eigenvalue weighted by molar-refractivity contribution is -0.137. The number of alkyl halides is 3. The Balaban J connectivity index is 2.47. The largest absolute Gasteiger partial charge is 0.416 e. The van der Waals surface area contributed by atoms with Crippen molar-refractivity contribution < 1.29 is 13.2 Å². The summed E-state index contributed by atoms with van der Waals surface area (Å²) in [5.74, 6) is 0. The molecule has 0 bridgehead atoms. The Kier molecular flexibility index (Phi) is 2.87. The van der Waals surface area contributed by atoms with Crippen molar-refractivity contribution in [3.63, 3.8) is 0 Å². The van der Waals surface area contributed by atoms with Gasteiger partial charge in [0.05, 0.1) is 23.1 Å². The lowest BCUT2D eigenvalue weighted by Crippen LogP contribution is -2.07. The third-order valence-electron chi connectivity index (χ3n) is 2.40. The molecular formula is C11H10F3N3. The monoisotopic (exact) mass is 241 g/mol. The van der Waals surface area contributed by atoms with Gasteiger partial charge < -0.3 is 0 Å². The minimum atomic E-state index is -4.34. The zero-order valence-corrected chi connectivity index (χ0v) is 9.07. The summed E-state index contributed by atoms with van der Waals surface area (Å²) in [7, 11) is 0. The van der Waals surface area contributed by atoms with Crippen LogP contribution in [0.3, 0.4) is 0 Å². The van der Waals surface area contributed by atoms with Crippen molar-refractivity contribution >= 4 is 0 Å². The highest BCUT2D eigenvalue weighted by molar-refractivity contribution is 5.37. The minimum Gasteiger partial charge on any atom is -0.218 e. The number of aromatic nitrogens is 3. The Morgan fingerprint density at radius 1 is 1.29 bits per heavy atom. The minimum absolute atomic E-state index is 0.370. The summed E-state index contributed by atoms with van der Waals surface area (Å²) in [6.45, 7) is 1.89. The average molecular weight is 241 g/mol. The van der Waals surface area contributed by atoms with Gasteiger partial charge in [-0.05, 0) is 24.6 Å². The highest BCUT2D eigenvalue weighted by Crippen LogP contribution is 2.30. The van der Waals surface area contributed by atoms with Crippen molar-refractivity contribution in [3.8, 4) is 5.69 Å². The maximum Gasteiger partial charge on any atom is 0.416 e. The molecule has 2 rings (SSSR count).